The van der Waals surface area contributed by atoms with Crippen LogP contribution < -0.4 is 5.73 Å². The summed E-state index contributed by atoms with van der Waals surface area (Å²) in [7, 11) is 0. The lowest BCUT2D eigenvalue weighted by atomic mass is 9.82. The molecule has 1 saturated heterocycles. The van der Waals surface area contributed by atoms with Gasteiger partial charge >= 0.3 is 0 Å². The molecule has 0 bridgehead atoms. The molecule has 19 heavy (non-hydrogen) atoms. The predicted molar refractivity (Wildman–Crippen MR) is 80.2 cm³/mol. The Bertz CT molecular complexity index is 421. The van der Waals surface area contributed by atoms with Crippen molar-refractivity contribution in [2.75, 3.05) is 13.1 Å². The van der Waals surface area contributed by atoms with Gasteiger partial charge in [0.2, 0.25) is 0 Å². The van der Waals surface area contributed by atoms with Crippen LogP contribution in [0.4, 0.5) is 0 Å². The van der Waals surface area contributed by atoms with Crippen molar-refractivity contribution in [3.05, 3.63) is 35.9 Å². The lowest BCUT2D eigenvalue weighted by molar-refractivity contribution is 0.122. The molecule has 2 aliphatic rings. The van der Waals surface area contributed by atoms with Crippen molar-refractivity contribution in [3.8, 4) is 0 Å². The average molecular weight is 258 g/mol. The first-order valence-corrected chi connectivity index (χ1v) is 7.63. The number of nitrogens with zero attached hydrogens (tertiary/aromatic N) is 1. The fraction of sp³-hybridized carbons (Fsp3) is 0.647. The summed E-state index contributed by atoms with van der Waals surface area (Å²) in [4.78, 5) is 2.69. The van der Waals surface area contributed by atoms with E-state index in [-0.39, 0.29) is 5.54 Å². The number of benzene rings is 1. The number of likely N-dealkylation sites (tertiary alicyclic amines) is 1. The van der Waals surface area contributed by atoms with E-state index in [1.165, 1.54) is 37.9 Å². The van der Waals surface area contributed by atoms with E-state index in [1.807, 2.05) is 0 Å². The zero-order chi connectivity index (χ0) is 13.5. The van der Waals surface area contributed by atoms with Crippen LogP contribution in [0, 0.1) is 5.92 Å². The van der Waals surface area contributed by atoms with E-state index in [0.717, 1.165) is 12.0 Å². The number of hydrogen-bond donors (Lipinski definition) is 1. The van der Waals surface area contributed by atoms with Gasteiger partial charge in [-0.1, -0.05) is 30.3 Å². The maximum absolute atomic E-state index is 6.31. The normalized spacial score (nSPS) is 32.3. The van der Waals surface area contributed by atoms with Crippen LogP contribution in [0.5, 0.6) is 0 Å². The van der Waals surface area contributed by atoms with Gasteiger partial charge in [0.05, 0.1) is 0 Å². The fourth-order valence-corrected chi connectivity index (χ4v) is 3.56. The van der Waals surface area contributed by atoms with Crippen molar-refractivity contribution >= 4 is 0 Å². The van der Waals surface area contributed by atoms with Gasteiger partial charge in [-0.05, 0) is 51.1 Å². The number of nitrogens with two attached hydrogens (primary N) is 1. The molecule has 0 aromatic heterocycles. The highest BCUT2D eigenvalue weighted by atomic mass is 15.2. The highest BCUT2D eigenvalue weighted by Gasteiger charge is 2.44. The van der Waals surface area contributed by atoms with E-state index < -0.39 is 0 Å². The molecule has 0 amide bonds. The molecular formula is C17H26N2. The SMILES string of the molecule is CC(C)(N)C1CCCN(C2CC2c2ccccc2)C1. The smallest absolute Gasteiger partial charge is 0.0171 e. The topological polar surface area (TPSA) is 29.3 Å². The van der Waals surface area contributed by atoms with E-state index in [2.05, 4.69) is 49.1 Å². The van der Waals surface area contributed by atoms with Crippen LogP contribution in [0.25, 0.3) is 0 Å². The second-order valence-corrected chi connectivity index (χ2v) is 6.98. The summed E-state index contributed by atoms with van der Waals surface area (Å²) in [6, 6.07) is 11.7. The van der Waals surface area contributed by atoms with Crippen LogP contribution in [-0.2, 0) is 0 Å². The molecule has 1 saturated carbocycles. The molecule has 1 heterocycles. The second kappa shape index (κ2) is 4.92. The molecule has 2 fully saturated rings. The van der Waals surface area contributed by atoms with E-state index in [4.69, 9.17) is 5.73 Å². The molecule has 2 nitrogen and oxygen atoms in total. The zero-order valence-electron chi connectivity index (χ0n) is 12.2. The molecule has 1 aliphatic carbocycles. The molecule has 1 aromatic carbocycles. The van der Waals surface area contributed by atoms with Gasteiger partial charge in [0, 0.05) is 24.0 Å². The molecule has 3 atom stereocenters. The molecule has 2 N–H and O–H groups in total. The van der Waals surface area contributed by atoms with Crippen molar-refractivity contribution in [1.29, 1.82) is 0 Å². The molecule has 104 valence electrons. The lowest BCUT2D eigenvalue weighted by Crippen LogP contribution is -2.50. The number of piperidine rings is 1. The quantitative estimate of drug-likeness (QED) is 0.903. The summed E-state index contributed by atoms with van der Waals surface area (Å²) in [5.74, 6) is 1.42. The van der Waals surface area contributed by atoms with Gasteiger partial charge in [0.25, 0.3) is 0 Å². The molecule has 3 unspecified atom stereocenters. The molecule has 2 heteroatoms. The molecule has 0 spiro atoms. The Morgan fingerprint density at radius 1 is 1.21 bits per heavy atom. The first kappa shape index (κ1) is 13.1. The Morgan fingerprint density at radius 3 is 2.63 bits per heavy atom. The van der Waals surface area contributed by atoms with Gasteiger partial charge in [-0.25, -0.2) is 0 Å². The van der Waals surface area contributed by atoms with Crippen LogP contribution in [0.1, 0.15) is 44.6 Å². The molecule has 0 radical (unpaired) electrons. The summed E-state index contributed by atoms with van der Waals surface area (Å²) in [5, 5.41) is 0. The minimum absolute atomic E-state index is 0.0319. The first-order chi connectivity index (χ1) is 9.05. The third-order valence-electron chi connectivity index (χ3n) is 4.96. The largest absolute Gasteiger partial charge is 0.325 e. The van der Waals surface area contributed by atoms with Crippen molar-refractivity contribution in [1.82, 2.24) is 4.90 Å². The van der Waals surface area contributed by atoms with E-state index in [0.29, 0.717) is 5.92 Å². The lowest BCUT2D eigenvalue weighted by Gasteiger charge is -2.40. The molecular weight excluding hydrogens is 232 g/mol. The highest BCUT2D eigenvalue weighted by Crippen LogP contribution is 2.46. The zero-order valence-corrected chi connectivity index (χ0v) is 12.2. The standard InChI is InChI=1S/C17H26N2/c1-17(2,18)14-9-6-10-19(12-14)16-11-15(16)13-7-4-3-5-8-13/h3-5,7-8,14-16H,6,9-12,18H2,1-2H3. The fourth-order valence-electron chi connectivity index (χ4n) is 3.56. The van der Waals surface area contributed by atoms with Crippen LogP contribution in [0.15, 0.2) is 30.3 Å². The Balaban J connectivity index is 1.62. The van der Waals surface area contributed by atoms with Crippen LogP contribution in [0.3, 0.4) is 0 Å². The maximum atomic E-state index is 6.31. The third-order valence-corrected chi connectivity index (χ3v) is 4.96. The van der Waals surface area contributed by atoms with E-state index in [1.54, 1.807) is 0 Å². The van der Waals surface area contributed by atoms with Gasteiger partial charge in [0.15, 0.2) is 0 Å². The van der Waals surface area contributed by atoms with Gasteiger partial charge in [-0.15, -0.1) is 0 Å². The number of rotatable bonds is 3. The van der Waals surface area contributed by atoms with E-state index >= 15 is 0 Å². The monoisotopic (exact) mass is 258 g/mol. The van der Waals surface area contributed by atoms with Crippen molar-refractivity contribution in [2.45, 2.75) is 50.6 Å². The Hall–Kier alpha value is -0.860. The first-order valence-electron chi connectivity index (χ1n) is 7.63. The minimum atomic E-state index is -0.0319. The van der Waals surface area contributed by atoms with Crippen molar-refractivity contribution < 1.29 is 0 Å². The minimum Gasteiger partial charge on any atom is -0.325 e. The van der Waals surface area contributed by atoms with E-state index in [9.17, 15) is 0 Å². The summed E-state index contributed by atoms with van der Waals surface area (Å²) < 4.78 is 0. The van der Waals surface area contributed by atoms with Gasteiger partial charge in [0.1, 0.15) is 0 Å². The summed E-state index contributed by atoms with van der Waals surface area (Å²) in [6.45, 7) is 6.82. The Morgan fingerprint density at radius 2 is 1.95 bits per heavy atom. The summed E-state index contributed by atoms with van der Waals surface area (Å²) >= 11 is 0. The summed E-state index contributed by atoms with van der Waals surface area (Å²) in [5.41, 5.74) is 7.80. The van der Waals surface area contributed by atoms with Gasteiger partial charge < -0.3 is 5.73 Å². The van der Waals surface area contributed by atoms with Crippen LogP contribution >= 0.6 is 0 Å². The maximum Gasteiger partial charge on any atom is 0.0171 e. The molecule has 1 aliphatic heterocycles. The Kier molecular flexibility index (Phi) is 3.40. The summed E-state index contributed by atoms with van der Waals surface area (Å²) in [6.07, 6.45) is 3.94. The van der Waals surface area contributed by atoms with Crippen molar-refractivity contribution in [3.63, 3.8) is 0 Å². The number of hydrogen-bond acceptors (Lipinski definition) is 2. The molecule has 1 aromatic rings. The predicted octanol–water partition coefficient (Wildman–Crippen LogP) is 2.99. The van der Waals surface area contributed by atoms with Crippen molar-refractivity contribution in [2.24, 2.45) is 11.7 Å². The van der Waals surface area contributed by atoms with Crippen LogP contribution in [0.2, 0.25) is 0 Å². The highest BCUT2D eigenvalue weighted by molar-refractivity contribution is 5.28. The second-order valence-electron chi connectivity index (χ2n) is 6.98. The average Bonchev–Trinajstić information content (AvgIpc) is 3.19. The Labute approximate surface area is 117 Å². The van der Waals surface area contributed by atoms with Gasteiger partial charge in [-0.2, -0.15) is 0 Å². The van der Waals surface area contributed by atoms with Crippen LogP contribution in [-0.4, -0.2) is 29.6 Å². The molecule has 3 rings (SSSR count). The van der Waals surface area contributed by atoms with Gasteiger partial charge in [-0.3, -0.25) is 4.90 Å². The third kappa shape index (κ3) is 2.85.